The van der Waals surface area contributed by atoms with Gasteiger partial charge in [-0.05, 0) is 31.4 Å². The van der Waals surface area contributed by atoms with Crippen molar-refractivity contribution in [3.05, 3.63) is 35.9 Å². The Morgan fingerprint density at radius 2 is 2.24 bits per heavy atom. The van der Waals surface area contributed by atoms with Crippen LogP contribution in [0.15, 0.2) is 24.5 Å². The molecule has 1 aromatic rings. The molecule has 88 valence electrons. The van der Waals surface area contributed by atoms with Crippen molar-refractivity contribution in [2.75, 3.05) is 0 Å². The Kier molecular flexibility index (Phi) is 1.64. The van der Waals surface area contributed by atoms with E-state index in [1.54, 1.807) is 0 Å². The standard InChI is InChI=1S/C14H17N3/c15-17-12-4-1-5-13(12)6-7-14(17,10-13)11-3-2-8-16-9-11/h2-3,8-9,15H,1,4-7,10H2/t13?,14-/m1/s1. The minimum absolute atomic E-state index is 0.0516. The first-order valence-corrected chi connectivity index (χ1v) is 6.55. The van der Waals surface area contributed by atoms with Crippen molar-refractivity contribution in [2.45, 2.75) is 44.1 Å². The van der Waals surface area contributed by atoms with Crippen molar-refractivity contribution in [1.29, 1.82) is 0 Å². The van der Waals surface area contributed by atoms with E-state index in [0.717, 1.165) is 19.3 Å². The van der Waals surface area contributed by atoms with E-state index in [0.29, 0.717) is 5.41 Å². The second-order valence-electron chi connectivity index (χ2n) is 5.87. The highest BCUT2D eigenvalue weighted by atomic mass is 15.4. The van der Waals surface area contributed by atoms with E-state index in [1.165, 1.54) is 30.5 Å². The molecule has 2 bridgehead atoms. The molecule has 1 spiro atoms. The van der Waals surface area contributed by atoms with Gasteiger partial charge in [0.1, 0.15) is 0 Å². The fraction of sp³-hybridized carbons (Fsp3) is 0.571. The zero-order valence-electron chi connectivity index (χ0n) is 9.95. The molecular weight excluding hydrogens is 210 g/mol. The van der Waals surface area contributed by atoms with Gasteiger partial charge in [0, 0.05) is 37.2 Å². The SMILES string of the molecule is [NH-][N+]1=C2CCCC23CC[C@]1(c1cccnc1)C3. The second-order valence-corrected chi connectivity index (χ2v) is 5.87. The lowest BCUT2D eigenvalue weighted by atomic mass is 9.83. The summed E-state index contributed by atoms with van der Waals surface area (Å²) in [6.07, 6.45) is 11.1. The minimum Gasteiger partial charge on any atom is -0.454 e. The third-order valence-corrected chi connectivity index (χ3v) is 5.23. The Hall–Kier alpha value is -1.38. The molecule has 2 fully saturated rings. The van der Waals surface area contributed by atoms with E-state index in [1.807, 2.05) is 23.1 Å². The topological polar surface area (TPSA) is 39.7 Å². The normalized spacial score (nSPS) is 38.8. The maximum atomic E-state index is 8.50. The summed E-state index contributed by atoms with van der Waals surface area (Å²) in [4.78, 5) is 4.25. The number of rotatable bonds is 1. The molecule has 2 heterocycles. The van der Waals surface area contributed by atoms with Crippen molar-refractivity contribution in [3.63, 3.8) is 0 Å². The van der Waals surface area contributed by atoms with Gasteiger partial charge in [-0.15, -0.1) is 0 Å². The number of pyridine rings is 1. The van der Waals surface area contributed by atoms with E-state index < -0.39 is 0 Å². The number of hydrogen-bond acceptors (Lipinski definition) is 1. The van der Waals surface area contributed by atoms with Gasteiger partial charge in [-0.2, -0.15) is 0 Å². The van der Waals surface area contributed by atoms with Crippen LogP contribution >= 0.6 is 0 Å². The second kappa shape index (κ2) is 2.89. The average Bonchev–Trinajstić information content (AvgIpc) is 3.01. The van der Waals surface area contributed by atoms with Gasteiger partial charge in [-0.25, -0.2) is 0 Å². The van der Waals surface area contributed by atoms with Crippen LogP contribution in [0.2, 0.25) is 0 Å². The highest BCUT2D eigenvalue weighted by molar-refractivity contribution is 5.90. The molecule has 0 aromatic carbocycles. The summed E-state index contributed by atoms with van der Waals surface area (Å²) in [5, 5.41) is 0. The Labute approximate surface area is 101 Å². The number of nitrogens with one attached hydrogen (secondary N) is 1. The number of fused-ring (bicyclic) bond motifs is 1. The largest absolute Gasteiger partial charge is 0.454 e. The molecule has 1 aliphatic heterocycles. The summed E-state index contributed by atoms with van der Waals surface area (Å²) in [5.41, 5.74) is 2.99. The molecule has 2 aliphatic carbocycles. The van der Waals surface area contributed by atoms with Crippen molar-refractivity contribution in [3.8, 4) is 0 Å². The molecule has 3 nitrogen and oxygen atoms in total. The van der Waals surface area contributed by atoms with Gasteiger partial charge in [-0.1, -0.05) is 0 Å². The van der Waals surface area contributed by atoms with Gasteiger partial charge >= 0.3 is 0 Å². The van der Waals surface area contributed by atoms with Crippen LogP contribution in [0.1, 0.15) is 44.1 Å². The van der Waals surface area contributed by atoms with Gasteiger partial charge in [0.15, 0.2) is 11.3 Å². The first-order chi connectivity index (χ1) is 8.27. The van der Waals surface area contributed by atoms with Crippen LogP contribution in [0.4, 0.5) is 0 Å². The first-order valence-electron chi connectivity index (χ1n) is 6.55. The maximum Gasteiger partial charge on any atom is 0.185 e. The zero-order valence-corrected chi connectivity index (χ0v) is 9.95. The lowest BCUT2D eigenvalue weighted by Crippen LogP contribution is -2.34. The Bertz CT molecular complexity index is 507. The number of hydrogen-bond donors (Lipinski definition) is 0. The molecule has 1 aromatic heterocycles. The summed E-state index contributed by atoms with van der Waals surface area (Å²) in [6, 6.07) is 4.15. The van der Waals surface area contributed by atoms with Gasteiger partial charge in [-0.3, -0.25) is 9.67 Å². The zero-order chi connectivity index (χ0) is 11.5. The highest BCUT2D eigenvalue weighted by Crippen LogP contribution is 2.62. The van der Waals surface area contributed by atoms with E-state index in [4.69, 9.17) is 5.84 Å². The van der Waals surface area contributed by atoms with Crippen molar-refractivity contribution >= 4 is 5.71 Å². The molecule has 3 aliphatic rings. The van der Waals surface area contributed by atoms with Crippen LogP contribution in [-0.2, 0) is 5.54 Å². The van der Waals surface area contributed by atoms with Crippen molar-refractivity contribution in [2.24, 2.45) is 5.41 Å². The van der Waals surface area contributed by atoms with Gasteiger partial charge in [0.2, 0.25) is 0 Å². The predicted molar refractivity (Wildman–Crippen MR) is 65.6 cm³/mol. The summed E-state index contributed by atoms with van der Waals surface area (Å²) < 4.78 is 1.86. The Morgan fingerprint density at radius 3 is 3.00 bits per heavy atom. The molecule has 4 rings (SSSR count). The summed E-state index contributed by atoms with van der Waals surface area (Å²) in [5.74, 6) is 8.50. The Balaban J connectivity index is 1.90. The highest BCUT2D eigenvalue weighted by Gasteiger charge is 2.65. The van der Waals surface area contributed by atoms with Crippen LogP contribution in [0.25, 0.3) is 5.84 Å². The van der Waals surface area contributed by atoms with Gasteiger partial charge in [0.05, 0.1) is 5.41 Å². The van der Waals surface area contributed by atoms with Crippen LogP contribution in [0.3, 0.4) is 0 Å². The maximum absolute atomic E-state index is 8.50. The van der Waals surface area contributed by atoms with Gasteiger partial charge in [0.25, 0.3) is 0 Å². The van der Waals surface area contributed by atoms with E-state index in [9.17, 15) is 0 Å². The number of aromatic nitrogens is 1. The lowest BCUT2D eigenvalue weighted by molar-refractivity contribution is -0.553. The molecule has 1 unspecified atom stereocenters. The summed E-state index contributed by atoms with van der Waals surface area (Å²) >= 11 is 0. The quantitative estimate of drug-likeness (QED) is 0.680. The van der Waals surface area contributed by atoms with Crippen molar-refractivity contribution < 1.29 is 4.68 Å². The monoisotopic (exact) mass is 227 g/mol. The molecule has 0 amide bonds. The van der Waals surface area contributed by atoms with Crippen LogP contribution < -0.4 is 0 Å². The van der Waals surface area contributed by atoms with Crippen molar-refractivity contribution in [1.82, 2.24) is 4.98 Å². The van der Waals surface area contributed by atoms with Gasteiger partial charge < -0.3 is 5.84 Å². The number of nitrogens with zero attached hydrogens (tertiary/aromatic N) is 2. The fourth-order valence-corrected chi connectivity index (χ4v) is 4.46. The molecule has 1 N–H and O–H groups in total. The molecular formula is C14H17N3. The molecule has 0 radical (unpaired) electrons. The molecule has 2 atom stereocenters. The third kappa shape index (κ3) is 0.985. The van der Waals surface area contributed by atoms with Crippen LogP contribution in [0.5, 0.6) is 0 Å². The average molecular weight is 227 g/mol. The summed E-state index contributed by atoms with van der Waals surface area (Å²) in [7, 11) is 0. The summed E-state index contributed by atoms with van der Waals surface area (Å²) in [6.45, 7) is 0. The Morgan fingerprint density at radius 1 is 1.29 bits per heavy atom. The van der Waals surface area contributed by atoms with Crippen LogP contribution in [0, 0.1) is 5.41 Å². The lowest BCUT2D eigenvalue weighted by Gasteiger charge is -2.28. The van der Waals surface area contributed by atoms with E-state index in [-0.39, 0.29) is 5.54 Å². The first kappa shape index (κ1) is 9.63. The molecule has 0 saturated heterocycles. The predicted octanol–water partition coefficient (Wildman–Crippen LogP) is 3.07. The third-order valence-electron chi connectivity index (χ3n) is 5.23. The molecule has 2 saturated carbocycles. The van der Waals surface area contributed by atoms with E-state index >= 15 is 0 Å². The van der Waals surface area contributed by atoms with Crippen LogP contribution in [-0.4, -0.2) is 15.4 Å². The smallest absolute Gasteiger partial charge is 0.185 e. The van der Waals surface area contributed by atoms with E-state index in [2.05, 4.69) is 11.1 Å². The molecule has 3 heteroatoms. The fourth-order valence-electron chi connectivity index (χ4n) is 4.46. The minimum atomic E-state index is -0.0516. The molecule has 17 heavy (non-hydrogen) atoms.